The molecule has 0 aliphatic carbocycles. The normalized spacial score (nSPS) is 10.7. The Morgan fingerprint density at radius 2 is 1.95 bits per heavy atom. The van der Waals surface area contributed by atoms with Crippen LogP contribution in [0, 0.1) is 0 Å². The van der Waals surface area contributed by atoms with Gasteiger partial charge in [-0.1, -0.05) is 24.3 Å². The van der Waals surface area contributed by atoms with Gasteiger partial charge in [0.2, 0.25) is 0 Å². The first-order chi connectivity index (χ1) is 10.3. The van der Waals surface area contributed by atoms with Crippen LogP contribution in [0.15, 0.2) is 60.9 Å². The first kappa shape index (κ1) is 13.5. The van der Waals surface area contributed by atoms with Gasteiger partial charge in [0.15, 0.2) is 0 Å². The van der Waals surface area contributed by atoms with Gasteiger partial charge in [-0.15, -0.1) is 0 Å². The molecule has 0 atom stereocenters. The van der Waals surface area contributed by atoms with Crippen molar-refractivity contribution in [3.63, 3.8) is 0 Å². The minimum atomic E-state index is 0.939. The molecule has 0 aliphatic heterocycles. The molecule has 3 rings (SSSR count). The molecule has 4 nitrogen and oxygen atoms in total. The topological polar surface area (TPSA) is 32.6 Å². The summed E-state index contributed by atoms with van der Waals surface area (Å²) in [5, 5.41) is 3.48. The van der Waals surface area contributed by atoms with Gasteiger partial charge in [-0.25, -0.2) is 4.98 Å². The van der Waals surface area contributed by atoms with Gasteiger partial charge in [0.1, 0.15) is 11.5 Å². The Balaban J connectivity index is 1.51. The predicted octanol–water partition coefficient (Wildman–Crippen LogP) is 3.27. The van der Waals surface area contributed by atoms with E-state index in [-0.39, 0.29) is 0 Å². The smallest absolute Gasteiger partial charge is 0.138 e. The molecule has 3 aromatic rings. The summed E-state index contributed by atoms with van der Waals surface area (Å²) < 4.78 is 2.07. The van der Waals surface area contributed by atoms with Gasteiger partial charge < -0.3 is 10.2 Å². The SMILES string of the molecule is CN(CCCNc1cccc2nccn12)c1ccccc1. The van der Waals surface area contributed by atoms with Crippen molar-refractivity contribution < 1.29 is 0 Å². The van der Waals surface area contributed by atoms with E-state index >= 15 is 0 Å². The second-order valence-electron chi connectivity index (χ2n) is 5.10. The summed E-state index contributed by atoms with van der Waals surface area (Å²) in [5.41, 5.74) is 2.23. The summed E-state index contributed by atoms with van der Waals surface area (Å²) in [7, 11) is 2.13. The van der Waals surface area contributed by atoms with Crippen LogP contribution in [0.1, 0.15) is 6.42 Å². The summed E-state index contributed by atoms with van der Waals surface area (Å²) in [4.78, 5) is 6.57. The Morgan fingerprint density at radius 3 is 2.81 bits per heavy atom. The van der Waals surface area contributed by atoms with E-state index in [9.17, 15) is 0 Å². The summed E-state index contributed by atoms with van der Waals surface area (Å²) in [6.45, 7) is 1.96. The molecular weight excluding hydrogens is 260 g/mol. The van der Waals surface area contributed by atoms with Crippen LogP contribution in [0.4, 0.5) is 11.5 Å². The van der Waals surface area contributed by atoms with Crippen LogP contribution in [-0.4, -0.2) is 29.5 Å². The molecule has 0 radical (unpaired) electrons. The number of pyridine rings is 1. The fraction of sp³-hybridized carbons (Fsp3) is 0.235. The van der Waals surface area contributed by atoms with Crippen LogP contribution in [0.25, 0.3) is 5.65 Å². The molecule has 0 unspecified atom stereocenters. The molecule has 0 amide bonds. The van der Waals surface area contributed by atoms with Crippen molar-refractivity contribution in [1.82, 2.24) is 9.38 Å². The molecule has 2 heterocycles. The van der Waals surface area contributed by atoms with E-state index in [1.807, 2.05) is 30.6 Å². The summed E-state index contributed by atoms with van der Waals surface area (Å²) in [6, 6.07) is 16.6. The lowest BCUT2D eigenvalue weighted by Gasteiger charge is -2.19. The standard InChI is InChI=1S/C17H20N4/c1-20(15-7-3-2-4-8-15)13-6-11-18-16-9-5-10-17-19-12-14-21(16)17/h2-5,7-10,12,14,18H,6,11,13H2,1H3. The molecule has 1 aromatic carbocycles. The number of anilines is 2. The maximum absolute atomic E-state index is 4.29. The Bertz CT molecular complexity index is 690. The van der Waals surface area contributed by atoms with E-state index in [1.54, 1.807) is 0 Å². The number of para-hydroxylation sites is 1. The van der Waals surface area contributed by atoms with Crippen LogP contribution < -0.4 is 10.2 Å². The maximum Gasteiger partial charge on any atom is 0.138 e. The first-order valence-electron chi connectivity index (χ1n) is 7.27. The van der Waals surface area contributed by atoms with E-state index in [2.05, 4.69) is 57.0 Å². The zero-order chi connectivity index (χ0) is 14.5. The number of nitrogens with zero attached hydrogens (tertiary/aromatic N) is 3. The van der Waals surface area contributed by atoms with Crippen LogP contribution in [0.3, 0.4) is 0 Å². The number of aromatic nitrogens is 2. The molecule has 4 heteroatoms. The summed E-state index contributed by atoms with van der Waals surface area (Å²) in [6.07, 6.45) is 4.88. The number of fused-ring (bicyclic) bond motifs is 1. The summed E-state index contributed by atoms with van der Waals surface area (Å²) >= 11 is 0. The minimum Gasteiger partial charge on any atom is -0.375 e. The zero-order valence-corrected chi connectivity index (χ0v) is 12.2. The first-order valence-corrected chi connectivity index (χ1v) is 7.27. The third kappa shape index (κ3) is 3.16. The van der Waals surface area contributed by atoms with Crippen LogP contribution in [-0.2, 0) is 0 Å². The average Bonchev–Trinajstić information content (AvgIpc) is 3.01. The zero-order valence-electron chi connectivity index (χ0n) is 12.2. The highest BCUT2D eigenvalue weighted by atomic mass is 15.1. The lowest BCUT2D eigenvalue weighted by molar-refractivity contribution is 0.813. The molecule has 21 heavy (non-hydrogen) atoms. The van der Waals surface area contributed by atoms with Gasteiger partial charge in [-0.3, -0.25) is 4.40 Å². The summed E-state index contributed by atoms with van der Waals surface area (Å²) in [5.74, 6) is 1.09. The molecule has 1 N–H and O–H groups in total. The quantitative estimate of drug-likeness (QED) is 0.703. The average molecular weight is 280 g/mol. The number of benzene rings is 1. The number of hydrogen-bond donors (Lipinski definition) is 1. The molecule has 0 spiro atoms. The predicted molar refractivity (Wildman–Crippen MR) is 88.0 cm³/mol. The van der Waals surface area contributed by atoms with Crippen molar-refractivity contribution >= 4 is 17.2 Å². The molecular formula is C17H20N4. The largest absolute Gasteiger partial charge is 0.375 e. The molecule has 0 bridgehead atoms. The maximum atomic E-state index is 4.29. The minimum absolute atomic E-state index is 0.939. The van der Waals surface area contributed by atoms with Gasteiger partial charge in [0.25, 0.3) is 0 Å². The number of hydrogen-bond acceptors (Lipinski definition) is 3. The van der Waals surface area contributed by atoms with Gasteiger partial charge in [0, 0.05) is 38.2 Å². The Kier molecular flexibility index (Phi) is 4.05. The molecule has 0 saturated heterocycles. The third-order valence-corrected chi connectivity index (χ3v) is 3.60. The van der Waals surface area contributed by atoms with Crippen molar-refractivity contribution in [2.24, 2.45) is 0 Å². The lowest BCUT2D eigenvalue weighted by Crippen LogP contribution is -2.21. The number of rotatable bonds is 6. The van der Waals surface area contributed by atoms with Gasteiger partial charge in [0.05, 0.1) is 0 Å². The highest BCUT2D eigenvalue weighted by Gasteiger charge is 2.01. The van der Waals surface area contributed by atoms with E-state index in [1.165, 1.54) is 5.69 Å². The van der Waals surface area contributed by atoms with Crippen molar-refractivity contribution in [3.05, 3.63) is 60.9 Å². The highest BCUT2D eigenvalue weighted by molar-refractivity contribution is 5.50. The molecule has 0 saturated carbocycles. The van der Waals surface area contributed by atoms with Gasteiger partial charge in [-0.2, -0.15) is 0 Å². The van der Waals surface area contributed by atoms with Crippen LogP contribution in [0.5, 0.6) is 0 Å². The Morgan fingerprint density at radius 1 is 1.10 bits per heavy atom. The van der Waals surface area contributed by atoms with Crippen LogP contribution in [0.2, 0.25) is 0 Å². The van der Waals surface area contributed by atoms with E-state index in [4.69, 9.17) is 0 Å². The number of nitrogens with one attached hydrogen (secondary N) is 1. The van der Waals surface area contributed by atoms with Crippen LogP contribution >= 0.6 is 0 Å². The Hall–Kier alpha value is -2.49. The van der Waals surface area contributed by atoms with Crippen molar-refractivity contribution in [2.75, 3.05) is 30.4 Å². The van der Waals surface area contributed by atoms with E-state index < -0.39 is 0 Å². The molecule has 0 aliphatic rings. The van der Waals surface area contributed by atoms with Gasteiger partial charge >= 0.3 is 0 Å². The molecule has 2 aromatic heterocycles. The highest BCUT2D eigenvalue weighted by Crippen LogP contribution is 2.12. The lowest BCUT2D eigenvalue weighted by atomic mass is 10.3. The fourth-order valence-corrected chi connectivity index (χ4v) is 2.44. The molecule has 0 fully saturated rings. The second kappa shape index (κ2) is 6.31. The van der Waals surface area contributed by atoms with E-state index in [0.717, 1.165) is 31.0 Å². The fourth-order valence-electron chi connectivity index (χ4n) is 2.44. The third-order valence-electron chi connectivity index (χ3n) is 3.60. The van der Waals surface area contributed by atoms with Crippen molar-refractivity contribution in [3.8, 4) is 0 Å². The van der Waals surface area contributed by atoms with Crippen molar-refractivity contribution in [1.29, 1.82) is 0 Å². The second-order valence-corrected chi connectivity index (χ2v) is 5.10. The van der Waals surface area contributed by atoms with Gasteiger partial charge in [-0.05, 0) is 30.7 Å². The van der Waals surface area contributed by atoms with Crippen molar-refractivity contribution in [2.45, 2.75) is 6.42 Å². The monoisotopic (exact) mass is 280 g/mol. The number of imidazole rings is 1. The Labute approximate surface area is 125 Å². The molecule has 108 valence electrons. The van der Waals surface area contributed by atoms with E-state index in [0.29, 0.717) is 0 Å².